The molecule has 0 spiro atoms. The molecule has 2 aromatic rings. The van der Waals surface area contributed by atoms with Crippen molar-refractivity contribution in [2.75, 3.05) is 25.0 Å². The van der Waals surface area contributed by atoms with Crippen LogP contribution in [0, 0.1) is 0 Å². The number of rotatable bonds is 4. The number of hydrogen-bond acceptors (Lipinski definition) is 4. The lowest BCUT2D eigenvalue weighted by Crippen LogP contribution is -2.34. The largest absolute Gasteiger partial charge is 0.490 e. The lowest BCUT2D eigenvalue weighted by Gasteiger charge is -2.24. The Balaban J connectivity index is 0.00000161. The zero-order valence-electron chi connectivity index (χ0n) is 12.3. The number of nitrogens with one attached hydrogen (secondary N) is 2. The number of fused-ring (bicyclic) bond motifs is 1. The Bertz CT molecular complexity index is 585. The maximum atomic E-state index is 6.08. The first-order valence-corrected chi connectivity index (χ1v) is 7.37. The van der Waals surface area contributed by atoms with Gasteiger partial charge in [0.25, 0.3) is 0 Å². The number of hydrogen-bond donors (Lipinski definition) is 2. The van der Waals surface area contributed by atoms with Crippen LogP contribution in [0.5, 0.6) is 5.75 Å². The van der Waals surface area contributed by atoms with Crippen molar-refractivity contribution in [1.82, 2.24) is 10.3 Å². The molecule has 2 N–H and O–H groups in total. The van der Waals surface area contributed by atoms with Gasteiger partial charge in [-0.2, -0.15) is 0 Å². The number of pyridine rings is 1. The molecule has 0 amide bonds. The Labute approximate surface area is 131 Å². The van der Waals surface area contributed by atoms with Crippen molar-refractivity contribution in [2.24, 2.45) is 0 Å². The molecule has 4 nitrogen and oxygen atoms in total. The van der Waals surface area contributed by atoms with Gasteiger partial charge in [-0.25, -0.2) is 4.98 Å². The van der Waals surface area contributed by atoms with E-state index in [9.17, 15) is 0 Å². The summed E-state index contributed by atoms with van der Waals surface area (Å²) in [4.78, 5) is 4.38. The molecular formula is C16H22ClN3O. The van der Waals surface area contributed by atoms with Crippen molar-refractivity contribution in [3.8, 4) is 5.75 Å². The quantitative estimate of drug-likeness (QED) is 0.910. The minimum absolute atomic E-state index is 0. The molecule has 1 saturated heterocycles. The number of ether oxygens (including phenoxy) is 1. The summed E-state index contributed by atoms with van der Waals surface area (Å²) >= 11 is 0. The lowest BCUT2D eigenvalue weighted by atomic mass is 10.1. The van der Waals surface area contributed by atoms with E-state index in [4.69, 9.17) is 4.74 Å². The van der Waals surface area contributed by atoms with Crippen LogP contribution in [0.15, 0.2) is 30.5 Å². The summed E-state index contributed by atoms with van der Waals surface area (Å²) < 4.78 is 6.08. The summed E-state index contributed by atoms with van der Waals surface area (Å²) in [5, 5.41) is 8.96. The monoisotopic (exact) mass is 307 g/mol. The highest BCUT2D eigenvalue weighted by Crippen LogP contribution is 2.26. The Morgan fingerprint density at radius 1 is 1.29 bits per heavy atom. The fourth-order valence-corrected chi connectivity index (χ4v) is 2.64. The number of piperidine rings is 1. The zero-order valence-corrected chi connectivity index (χ0v) is 13.1. The van der Waals surface area contributed by atoms with Crippen molar-refractivity contribution in [2.45, 2.75) is 25.9 Å². The normalized spacial score (nSPS) is 15.5. The topological polar surface area (TPSA) is 46.2 Å². The standard InChI is InChI=1S/C16H21N3O.ClH/c1-2-18-16-15-4-3-14(11-12(15)5-10-19-16)20-13-6-8-17-9-7-13;/h3-5,10-11,13,17H,2,6-9H2,1H3,(H,18,19);1H. The second-order valence-corrected chi connectivity index (χ2v) is 5.14. The summed E-state index contributed by atoms with van der Waals surface area (Å²) in [6, 6.07) is 8.29. The van der Waals surface area contributed by atoms with Gasteiger partial charge in [-0.1, -0.05) is 0 Å². The molecule has 1 aliphatic heterocycles. The predicted molar refractivity (Wildman–Crippen MR) is 89.7 cm³/mol. The Hall–Kier alpha value is -1.52. The molecule has 2 heterocycles. The SMILES string of the molecule is CCNc1nccc2cc(OC3CCNCC3)ccc12.Cl. The highest BCUT2D eigenvalue weighted by atomic mass is 35.5. The summed E-state index contributed by atoms with van der Waals surface area (Å²) in [6.07, 6.45) is 4.34. The van der Waals surface area contributed by atoms with E-state index in [-0.39, 0.29) is 12.4 Å². The van der Waals surface area contributed by atoms with Crippen LogP contribution in [-0.4, -0.2) is 30.7 Å². The van der Waals surface area contributed by atoms with Crippen LogP contribution in [0.4, 0.5) is 5.82 Å². The predicted octanol–water partition coefficient (Wildman–Crippen LogP) is 3.22. The molecule has 0 unspecified atom stereocenters. The summed E-state index contributed by atoms with van der Waals surface area (Å²) in [6.45, 7) is 5.05. The molecule has 21 heavy (non-hydrogen) atoms. The molecule has 5 heteroatoms. The molecular weight excluding hydrogens is 286 g/mol. The smallest absolute Gasteiger partial charge is 0.133 e. The number of nitrogens with zero attached hydrogens (tertiary/aromatic N) is 1. The van der Waals surface area contributed by atoms with Gasteiger partial charge in [-0.15, -0.1) is 12.4 Å². The maximum absolute atomic E-state index is 6.08. The molecule has 0 atom stereocenters. The van der Waals surface area contributed by atoms with Crippen LogP contribution in [0.25, 0.3) is 10.8 Å². The average Bonchev–Trinajstić information content (AvgIpc) is 2.49. The Morgan fingerprint density at radius 2 is 2.10 bits per heavy atom. The fourth-order valence-electron chi connectivity index (χ4n) is 2.64. The molecule has 0 bridgehead atoms. The van der Waals surface area contributed by atoms with E-state index in [1.165, 1.54) is 5.39 Å². The van der Waals surface area contributed by atoms with E-state index < -0.39 is 0 Å². The highest BCUT2D eigenvalue weighted by Gasteiger charge is 2.14. The van der Waals surface area contributed by atoms with Crippen LogP contribution < -0.4 is 15.4 Å². The van der Waals surface area contributed by atoms with Gasteiger partial charge in [-0.05, 0) is 62.5 Å². The first-order valence-electron chi connectivity index (χ1n) is 7.37. The third-order valence-electron chi connectivity index (χ3n) is 3.67. The Kier molecular flexibility index (Phi) is 5.65. The van der Waals surface area contributed by atoms with E-state index >= 15 is 0 Å². The molecule has 1 fully saturated rings. The van der Waals surface area contributed by atoms with E-state index in [1.54, 1.807) is 0 Å². The molecule has 3 rings (SSSR count). The third kappa shape index (κ3) is 3.77. The minimum Gasteiger partial charge on any atom is -0.490 e. The van der Waals surface area contributed by atoms with Crippen LogP contribution >= 0.6 is 12.4 Å². The number of benzene rings is 1. The molecule has 1 aliphatic rings. The lowest BCUT2D eigenvalue weighted by molar-refractivity contribution is 0.162. The second-order valence-electron chi connectivity index (χ2n) is 5.14. The van der Waals surface area contributed by atoms with Crippen LogP contribution in [0.2, 0.25) is 0 Å². The second kappa shape index (κ2) is 7.48. The van der Waals surface area contributed by atoms with E-state index in [0.717, 1.165) is 49.4 Å². The van der Waals surface area contributed by atoms with Crippen molar-refractivity contribution >= 4 is 29.0 Å². The van der Waals surface area contributed by atoms with Crippen LogP contribution in [-0.2, 0) is 0 Å². The molecule has 0 radical (unpaired) electrons. The van der Waals surface area contributed by atoms with Gasteiger partial charge in [0.2, 0.25) is 0 Å². The van der Waals surface area contributed by atoms with Crippen LogP contribution in [0.3, 0.4) is 0 Å². The van der Waals surface area contributed by atoms with Crippen molar-refractivity contribution < 1.29 is 4.74 Å². The number of anilines is 1. The maximum Gasteiger partial charge on any atom is 0.133 e. The summed E-state index contributed by atoms with van der Waals surface area (Å²) in [5.74, 6) is 1.90. The highest BCUT2D eigenvalue weighted by molar-refractivity contribution is 5.92. The van der Waals surface area contributed by atoms with Gasteiger partial charge in [0.15, 0.2) is 0 Å². The van der Waals surface area contributed by atoms with Gasteiger partial charge in [0, 0.05) is 18.1 Å². The number of halogens is 1. The van der Waals surface area contributed by atoms with Crippen LogP contribution in [0.1, 0.15) is 19.8 Å². The van der Waals surface area contributed by atoms with E-state index in [2.05, 4.69) is 34.7 Å². The summed E-state index contributed by atoms with van der Waals surface area (Å²) in [5.41, 5.74) is 0. The van der Waals surface area contributed by atoms with Gasteiger partial charge in [0.1, 0.15) is 17.7 Å². The van der Waals surface area contributed by atoms with Crippen molar-refractivity contribution in [3.05, 3.63) is 30.5 Å². The van der Waals surface area contributed by atoms with Crippen molar-refractivity contribution in [3.63, 3.8) is 0 Å². The molecule has 1 aromatic carbocycles. The average molecular weight is 308 g/mol. The van der Waals surface area contributed by atoms with E-state index in [0.29, 0.717) is 6.10 Å². The van der Waals surface area contributed by atoms with Gasteiger partial charge in [-0.3, -0.25) is 0 Å². The molecule has 0 saturated carbocycles. The van der Waals surface area contributed by atoms with Crippen molar-refractivity contribution in [1.29, 1.82) is 0 Å². The fraction of sp³-hybridized carbons (Fsp3) is 0.438. The van der Waals surface area contributed by atoms with E-state index in [1.807, 2.05) is 18.3 Å². The first-order chi connectivity index (χ1) is 9.86. The number of aromatic nitrogens is 1. The molecule has 1 aromatic heterocycles. The summed E-state index contributed by atoms with van der Waals surface area (Å²) in [7, 11) is 0. The first kappa shape index (κ1) is 15.9. The van der Waals surface area contributed by atoms with Gasteiger partial charge < -0.3 is 15.4 Å². The van der Waals surface area contributed by atoms with Gasteiger partial charge in [0.05, 0.1) is 0 Å². The third-order valence-corrected chi connectivity index (χ3v) is 3.67. The van der Waals surface area contributed by atoms with Gasteiger partial charge >= 0.3 is 0 Å². The molecule has 114 valence electrons. The zero-order chi connectivity index (χ0) is 13.8. The molecule has 0 aliphatic carbocycles. The Morgan fingerprint density at radius 3 is 2.86 bits per heavy atom. The minimum atomic E-state index is 0.